The summed E-state index contributed by atoms with van der Waals surface area (Å²) in [6.07, 6.45) is 3.59. The van der Waals surface area contributed by atoms with Gasteiger partial charge in [0.1, 0.15) is 38.1 Å². The first-order chi connectivity index (χ1) is 11.7. The molecule has 120 valence electrons. The van der Waals surface area contributed by atoms with E-state index in [1.165, 1.54) is 0 Å². The molecule has 24 heavy (non-hydrogen) atoms. The molecule has 0 fully saturated rings. The zero-order chi connectivity index (χ0) is 16.7. The third-order valence-electron chi connectivity index (χ3n) is 3.65. The first-order valence-electron chi connectivity index (χ1n) is 7.12. The van der Waals surface area contributed by atoms with Gasteiger partial charge in [0.05, 0.1) is 0 Å². The van der Waals surface area contributed by atoms with Gasteiger partial charge in [-0.15, -0.1) is 11.8 Å². The van der Waals surface area contributed by atoms with E-state index in [4.69, 9.17) is 4.98 Å². The highest BCUT2D eigenvalue weighted by molar-refractivity contribution is 9.10. The number of rotatable bonds is 3. The third kappa shape index (κ3) is 2.54. The first kappa shape index (κ1) is 15.7. The van der Waals surface area contributed by atoms with Gasteiger partial charge in [-0.2, -0.15) is 0 Å². The van der Waals surface area contributed by atoms with Gasteiger partial charge in [-0.05, 0) is 22.2 Å². The van der Waals surface area contributed by atoms with Crippen LogP contribution >= 0.6 is 39.0 Å². The monoisotopic (exact) mass is 417 g/mol. The Kier molecular flexibility index (Phi) is 4.11. The van der Waals surface area contributed by atoms with Gasteiger partial charge in [0.15, 0.2) is 4.73 Å². The molecule has 0 aliphatic heterocycles. The fraction of sp³-hybridized carbons (Fsp3) is 0.125. The van der Waals surface area contributed by atoms with Crippen LogP contribution in [0.15, 0.2) is 46.4 Å². The standard InChI is InChI=1S/C16H12BrN5S2/c1-22-12(10(21-16(22)17)9-6-4-3-5-7-9)15-20-11-13(23-2)18-8-19-14(11)24-15/h3-8H,1-2H3. The number of benzene rings is 1. The molecule has 0 unspecified atom stereocenters. The van der Waals surface area contributed by atoms with E-state index in [9.17, 15) is 0 Å². The van der Waals surface area contributed by atoms with Gasteiger partial charge in [-0.1, -0.05) is 41.7 Å². The number of thioether (sulfide) groups is 1. The predicted molar refractivity (Wildman–Crippen MR) is 102 cm³/mol. The molecule has 0 radical (unpaired) electrons. The number of fused-ring (bicyclic) bond motifs is 1. The topological polar surface area (TPSA) is 56.5 Å². The van der Waals surface area contributed by atoms with Gasteiger partial charge in [-0.25, -0.2) is 19.9 Å². The van der Waals surface area contributed by atoms with Gasteiger partial charge in [0.25, 0.3) is 0 Å². The Morgan fingerprint density at radius 2 is 1.92 bits per heavy atom. The highest BCUT2D eigenvalue weighted by Crippen LogP contribution is 2.38. The number of thiazole rings is 1. The van der Waals surface area contributed by atoms with Crippen LogP contribution in [0.25, 0.3) is 32.3 Å². The zero-order valence-electron chi connectivity index (χ0n) is 12.9. The summed E-state index contributed by atoms with van der Waals surface area (Å²) < 4.78 is 2.78. The van der Waals surface area contributed by atoms with Crippen LogP contribution in [0, 0.1) is 0 Å². The summed E-state index contributed by atoms with van der Waals surface area (Å²) in [6, 6.07) is 10.1. The Labute approximate surface area is 155 Å². The Bertz CT molecular complexity index is 1030. The van der Waals surface area contributed by atoms with E-state index in [1.54, 1.807) is 29.4 Å². The molecule has 3 heterocycles. The van der Waals surface area contributed by atoms with Crippen molar-refractivity contribution >= 4 is 49.4 Å². The van der Waals surface area contributed by atoms with E-state index in [0.717, 1.165) is 42.1 Å². The van der Waals surface area contributed by atoms with Gasteiger partial charge in [0, 0.05) is 12.6 Å². The Hall–Kier alpha value is -1.77. The second kappa shape index (κ2) is 6.27. The molecule has 0 aliphatic carbocycles. The highest BCUT2D eigenvalue weighted by atomic mass is 79.9. The minimum Gasteiger partial charge on any atom is -0.319 e. The Balaban J connectivity index is 1.97. The van der Waals surface area contributed by atoms with Crippen molar-refractivity contribution in [1.29, 1.82) is 0 Å². The summed E-state index contributed by atoms with van der Waals surface area (Å²) in [4.78, 5) is 19.0. The molecule has 3 aromatic heterocycles. The second-order valence-corrected chi connectivity index (χ2v) is 7.54. The lowest BCUT2D eigenvalue weighted by Gasteiger charge is -2.03. The predicted octanol–water partition coefficient (Wildman–Crippen LogP) is 4.64. The van der Waals surface area contributed by atoms with Crippen molar-refractivity contribution in [2.24, 2.45) is 7.05 Å². The second-order valence-electron chi connectivity index (χ2n) is 5.06. The molecule has 8 heteroatoms. The Morgan fingerprint density at radius 3 is 2.67 bits per heavy atom. The number of halogens is 1. The maximum absolute atomic E-state index is 4.81. The minimum absolute atomic E-state index is 0.770. The number of aromatic nitrogens is 5. The van der Waals surface area contributed by atoms with E-state index in [1.807, 2.05) is 36.1 Å². The number of hydrogen-bond donors (Lipinski definition) is 0. The van der Waals surface area contributed by atoms with E-state index in [2.05, 4.69) is 43.0 Å². The van der Waals surface area contributed by atoms with E-state index >= 15 is 0 Å². The SMILES string of the molecule is CSc1ncnc2sc(-c3c(-c4ccccc4)nc(Br)n3C)nc12. The molecule has 4 rings (SSSR count). The van der Waals surface area contributed by atoms with E-state index in [-0.39, 0.29) is 0 Å². The molecule has 1 aromatic carbocycles. The minimum atomic E-state index is 0.770. The van der Waals surface area contributed by atoms with Gasteiger partial charge in [0.2, 0.25) is 0 Å². The van der Waals surface area contributed by atoms with Crippen molar-refractivity contribution < 1.29 is 0 Å². The third-order valence-corrected chi connectivity index (χ3v) is 6.01. The number of imidazole rings is 1. The molecular weight excluding hydrogens is 406 g/mol. The van der Waals surface area contributed by atoms with Crippen molar-refractivity contribution in [2.45, 2.75) is 5.03 Å². The summed E-state index contributed by atoms with van der Waals surface area (Å²) in [5.74, 6) is 0. The number of hydrogen-bond acceptors (Lipinski definition) is 6. The largest absolute Gasteiger partial charge is 0.319 e. The molecule has 0 saturated heterocycles. The molecule has 4 aromatic rings. The van der Waals surface area contributed by atoms with Crippen LogP contribution in [-0.4, -0.2) is 30.8 Å². The lowest BCUT2D eigenvalue weighted by atomic mass is 10.1. The lowest BCUT2D eigenvalue weighted by molar-refractivity contribution is 0.887. The zero-order valence-corrected chi connectivity index (χ0v) is 16.1. The quantitative estimate of drug-likeness (QED) is 0.359. The highest BCUT2D eigenvalue weighted by Gasteiger charge is 2.21. The van der Waals surface area contributed by atoms with Crippen LogP contribution in [-0.2, 0) is 7.05 Å². The Morgan fingerprint density at radius 1 is 1.12 bits per heavy atom. The van der Waals surface area contributed by atoms with Crippen LogP contribution in [0.3, 0.4) is 0 Å². The van der Waals surface area contributed by atoms with Gasteiger partial charge in [-0.3, -0.25) is 0 Å². The summed E-state index contributed by atoms with van der Waals surface area (Å²) in [7, 11) is 1.98. The van der Waals surface area contributed by atoms with Gasteiger partial charge >= 0.3 is 0 Å². The summed E-state index contributed by atoms with van der Waals surface area (Å²) >= 11 is 6.67. The van der Waals surface area contributed by atoms with Crippen molar-refractivity contribution in [1.82, 2.24) is 24.5 Å². The van der Waals surface area contributed by atoms with Crippen LogP contribution < -0.4 is 0 Å². The average Bonchev–Trinajstić information content (AvgIpc) is 3.16. The fourth-order valence-electron chi connectivity index (χ4n) is 2.50. The normalized spacial score (nSPS) is 11.3. The molecule has 0 N–H and O–H groups in total. The summed E-state index contributed by atoms with van der Waals surface area (Å²) in [5, 5.41) is 1.78. The van der Waals surface area contributed by atoms with Crippen molar-refractivity contribution in [2.75, 3.05) is 6.26 Å². The van der Waals surface area contributed by atoms with Crippen LogP contribution in [0.4, 0.5) is 0 Å². The average molecular weight is 418 g/mol. The van der Waals surface area contributed by atoms with Crippen LogP contribution in [0.2, 0.25) is 0 Å². The van der Waals surface area contributed by atoms with Gasteiger partial charge < -0.3 is 4.57 Å². The maximum atomic E-state index is 4.81. The lowest BCUT2D eigenvalue weighted by Crippen LogP contribution is -1.92. The molecule has 0 saturated carbocycles. The molecule has 0 bridgehead atoms. The first-order valence-corrected chi connectivity index (χ1v) is 9.96. The van der Waals surface area contributed by atoms with Crippen molar-refractivity contribution in [3.63, 3.8) is 0 Å². The number of nitrogens with zero attached hydrogens (tertiary/aromatic N) is 5. The molecule has 0 spiro atoms. The summed E-state index contributed by atoms with van der Waals surface area (Å²) in [6.45, 7) is 0. The van der Waals surface area contributed by atoms with E-state index < -0.39 is 0 Å². The van der Waals surface area contributed by atoms with Crippen LogP contribution in [0.1, 0.15) is 0 Å². The van der Waals surface area contributed by atoms with E-state index in [0.29, 0.717) is 0 Å². The smallest absolute Gasteiger partial charge is 0.177 e. The van der Waals surface area contributed by atoms with Crippen molar-refractivity contribution in [3.8, 4) is 22.0 Å². The summed E-state index contributed by atoms with van der Waals surface area (Å²) in [5.41, 5.74) is 3.79. The molecular formula is C16H12BrN5S2. The molecule has 0 amide bonds. The molecule has 5 nitrogen and oxygen atoms in total. The van der Waals surface area contributed by atoms with Crippen molar-refractivity contribution in [3.05, 3.63) is 41.4 Å². The fourth-order valence-corrected chi connectivity index (χ4v) is 4.39. The molecule has 0 atom stereocenters. The molecule has 0 aliphatic rings. The maximum Gasteiger partial charge on any atom is 0.177 e. The van der Waals surface area contributed by atoms with Crippen LogP contribution in [0.5, 0.6) is 0 Å².